The zero-order chi connectivity index (χ0) is 16.9. The average Bonchev–Trinajstić information content (AvgIpc) is 3.18. The lowest BCUT2D eigenvalue weighted by Crippen LogP contribution is -2.26. The van der Waals surface area contributed by atoms with Gasteiger partial charge >= 0.3 is 0 Å². The van der Waals surface area contributed by atoms with E-state index in [0.717, 1.165) is 18.5 Å². The first-order chi connectivity index (χ1) is 12.4. The van der Waals surface area contributed by atoms with E-state index in [1.54, 1.807) is 23.1 Å². The van der Waals surface area contributed by atoms with Gasteiger partial charge in [0, 0.05) is 18.9 Å². The predicted molar refractivity (Wildman–Crippen MR) is 87.9 cm³/mol. The van der Waals surface area contributed by atoms with Crippen LogP contribution < -0.4 is 9.47 Å². The van der Waals surface area contributed by atoms with Crippen LogP contribution in [-0.2, 0) is 4.74 Å². The normalized spacial score (nSPS) is 15.0. The molecule has 1 aliphatic rings. The molecule has 3 aromatic rings. The summed E-state index contributed by atoms with van der Waals surface area (Å²) in [6.07, 6.45) is 6.67. The number of rotatable bonds is 5. The lowest BCUT2D eigenvalue weighted by Gasteiger charge is -2.22. The Hall–Kier alpha value is -3.00. The molecule has 1 fully saturated rings. The van der Waals surface area contributed by atoms with Gasteiger partial charge in [0.05, 0.1) is 37.4 Å². The highest BCUT2D eigenvalue weighted by atomic mass is 16.5. The molecule has 25 heavy (non-hydrogen) atoms. The summed E-state index contributed by atoms with van der Waals surface area (Å²) in [5.74, 6) is 1.57. The summed E-state index contributed by atoms with van der Waals surface area (Å²) in [5, 5.41) is 7.77. The molecule has 128 valence electrons. The van der Waals surface area contributed by atoms with Gasteiger partial charge in [0.2, 0.25) is 11.8 Å². The van der Waals surface area contributed by atoms with Crippen molar-refractivity contribution in [2.75, 3.05) is 13.2 Å². The first kappa shape index (κ1) is 15.5. The average molecular weight is 339 g/mol. The number of aromatic nitrogens is 5. The molecule has 0 amide bonds. The highest BCUT2D eigenvalue weighted by Crippen LogP contribution is 2.24. The van der Waals surface area contributed by atoms with Crippen molar-refractivity contribution in [2.24, 2.45) is 0 Å². The SMILES string of the molecule is c1cc(Oc2cc(OC3CCOCC3)ncn2)cc(-n2ccnn2)c1. The molecule has 0 radical (unpaired) electrons. The third kappa shape index (κ3) is 3.92. The van der Waals surface area contributed by atoms with Gasteiger partial charge in [0.25, 0.3) is 0 Å². The molecule has 1 aromatic carbocycles. The smallest absolute Gasteiger partial charge is 0.226 e. The highest BCUT2D eigenvalue weighted by molar-refractivity contribution is 5.40. The van der Waals surface area contributed by atoms with E-state index in [1.807, 2.05) is 24.3 Å². The van der Waals surface area contributed by atoms with Crippen LogP contribution in [0.25, 0.3) is 5.69 Å². The number of nitrogens with zero attached hydrogens (tertiary/aromatic N) is 5. The molecule has 2 aromatic heterocycles. The van der Waals surface area contributed by atoms with E-state index in [2.05, 4.69) is 20.3 Å². The third-order valence-electron chi connectivity index (χ3n) is 3.80. The fourth-order valence-corrected chi connectivity index (χ4v) is 2.56. The fourth-order valence-electron chi connectivity index (χ4n) is 2.56. The maximum absolute atomic E-state index is 5.88. The lowest BCUT2D eigenvalue weighted by molar-refractivity contribution is 0.0236. The molecule has 4 rings (SSSR count). The minimum absolute atomic E-state index is 0.118. The van der Waals surface area contributed by atoms with E-state index in [0.29, 0.717) is 30.7 Å². The molecule has 0 unspecified atom stereocenters. The molecule has 3 heterocycles. The van der Waals surface area contributed by atoms with Gasteiger partial charge in [-0.15, -0.1) is 5.10 Å². The van der Waals surface area contributed by atoms with Crippen molar-refractivity contribution in [1.29, 1.82) is 0 Å². The molecule has 0 aliphatic carbocycles. The Morgan fingerprint density at radius 1 is 1.08 bits per heavy atom. The number of benzene rings is 1. The Morgan fingerprint density at radius 2 is 1.96 bits per heavy atom. The second kappa shape index (κ2) is 7.27. The predicted octanol–water partition coefficient (Wildman–Crippen LogP) is 2.41. The van der Waals surface area contributed by atoms with Gasteiger partial charge in [-0.1, -0.05) is 11.3 Å². The van der Waals surface area contributed by atoms with Crippen LogP contribution in [0.1, 0.15) is 12.8 Å². The summed E-state index contributed by atoms with van der Waals surface area (Å²) >= 11 is 0. The van der Waals surface area contributed by atoms with Crippen molar-refractivity contribution in [3.8, 4) is 23.2 Å². The van der Waals surface area contributed by atoms with Gasteiger partial charge in [-0.2, -0.15) is 0 Å². The third-order valence-corrected chi connectivity index (χ3v) is 3.80. The Morgan fingerprint density at radius 3 is 2.80 bits per heavy atom. The standard InChI is InChI=1S/C17H17N5O3/c1-2-13(22-7-6-20-21-22)10-15(3-1)25-17-11-16(18-12-19-17)24-14-4-8-23-9-5-14/h1-3,6-7,10-12,14H,4-5,8-9H2. The molecule has 1 saturated heterocycles. The fraction of sp³-hybridized carbons (Fsp3) is 0.294. The van der Waals surface area contributed by atoms with Gasteiger partial charge < -0.3 is 14.2 Å². The first-order valence-electron chi connectivity index (χ1n) is 8.08. The summed E-state index contributed by atoms with van der Waals surface area (Å²) in [5.41, 5.74) is 0.850. The number of hydrogen-bond donors (Lipinski definition) is 0. The lowest BCUT2D eigenvalue weighted by atomic mass is 10.2. The van der Waals surface area contributed by atoms with Crippen molar-refractivity contribution in [2.45, 2.75) is 18.9 Å². The van der Waals surface area contributed by atoms with Crippen LogP contribution in [0.4, 0.5) is 0 Å². The molecule has 0 atom stereocenters. The second-order valence-electron chi connectivity index (χ2n) is 5.57. The number of ether oxygens (including phenoxy) is 3. The largest absolute Gasteiger partial charge is 0.474 e. The van der Waals surface area contributed by atoms with Crippen molar-refractivity contribution in [3.63, 3.8) is 0 Å². The van der Waals surface area contributed by atoms with Crippen molar-refractivity contribution >= 4 is 0 Å². The molecule has 8 heteroatoms. The molecule has 0 N–H and O–H groups in total. The molecule has 8 nitrogen and oxygen atoms in total. The second-order valence-corrected chi connectivity index (χ2v) is 5.57. The molecule has 0 bridgehead atoms. The Kier molecular flexibility index (Phi) is 4.51. The Bertz CT molecular complexity index is 819. The van der Waals surface area contributed by atoms with Gasteiger partial charge in [-0.3, -0.25) is 0 Å². The van der Waals surface area contributed by atoms with Crippen LogP contribution >= 0.6 is 0 Å². The van der Waals surface area contributed by atoms with Gasteiger partial charge in [0.1, 0.15) is 18.2 Å². The van der Waals surface area contributed by atoms with E-state index < -0.39 is 0 Å². The highest BCUT2D eigenvalue weighted by Gasteiger charge is 2.16. The van der Waals surface area contributed by atoms with E-state index in [9.17, 15) is 0 Å². The molecule has 0 spiro atoms. The quantitative estimate of drug-likeness (QED) is 0.705. The first-order valence-corrected chi connectivity index (χ1v) is 8.08. The summed E-state index contributed by atoms with van der Waals surface area (Å²) in [4.78, 5) is 8.30. The van der Waals surface area contributed by atoms with Crippen LogP contribution in [0.5, 0.6) is 17.5 Å². The van der Waals surface area contributed by atoms with Gasteiger partial charge in [-0.25, -0.2) is 14.6 Å². The summed E-state index contributed by atoms with van der Waals surface area (Å²) < 4.78 is 18.7. The Balaban J connectivity index is 1.47. The van der Waals surface area contributed by atoms with Gasteiger partial charge in [0.15, 0.2) is 0 Å². The maximum Gasteiger partial charge on any atom is 0.226 e. The van der Waals surface area contributed by atoms with Crippen LogP contribution in [-0.4, -0.2) is 44.3 Å². The molecule has 0 saturated carbocycles. The van der Waals surface area contributed by atoms with E-state index >= 15 is 0 Å². The minimum atomic E-state index is 0.118. The topological polar surface area (TPSA) is 84.2 Å². The summed E-state index contributed by atoms with van der Waals surface area (Å²) in [7, 11) is 0. The zero-order valence-corrected chi connectivity index (χ0v) is 13.5. The zero-order valence-electron chi connectivity index (χ0n) is 13.5. The number of hydrogen-bond acceptors (Lipinski definition) is 7. The summed E-state index contributed by atoms with van der Waals surface area (Å²) in [6.45, 7) is 1.43. The van der Waals surface area contributed by atoms with Crippen LogP contribution in [0.3, 0.4) is 0 Å². The minimum Gasteiger partial charge on any atom is -0.474 e. The van der Waals surface area contributed by atoms with E-state index in [4.69, 9.17) is 14.2 Å². The Labute approximate surface area is 144 Å². The van der Waals surface area contributed by atoms with Crippen LogP contribution in [0, 0.1) is 0 Å². The molecule has 1 aliphatic heterocycles. The van der Waals surface area contributed by atoms with Crippen molar-refractivity contribution in [3.05, 3.63) is 49.1 Å². The van der Waals surface area contributed by atoms with Crippen molar-refractivity contribution < 1.29 is 14.2 Å². The van der Waals surface area contributed by atoms with Crippen LogP contribution in [0.2, 0.25) is 0 Å². The van der Waals surface area contributed by atoms with E-state index in [-0.39, 0.29) is 6.10 Å². The molecular weight excluding hydrogens is 322 g/mol. The van der Waals surface area contributed by atoms with Crippen LogP contribution in [0.15, 0.2) is 49.1 Å². The van der Waals surface area contributed by atoms with Gasteiger partial charge in [-0.05, 0) is 12.1 Å². The molecular formula is C17H17N5O3. The summed E-state index contributed by atoms with van der Waals surface area (Å²) in [6, 6.07) is 9.20. The van der Waals surface area contributed by atoms with E-state index in [1.165, 1.54) is 6.33 Å². The van der Waals surface area contributed by atoms with Crippen molar-refractivity contribution in [1.82, 2.24) is 25.0 Å². The maximum atomic E-state index is 5.88. The monoisotopic (exact) mass is 339 g/mol.